The average Bonchev–Trinajstić information content (AvgIpc) is 2.58. The second kappa shape index (κ2) is 3.84. The van der Waals surface area contributed by atoms with E-state index in [2.05, 4.69) is 39.6 Å². The first kappa shape index (κ1) is 9.28. The summed E-state index contributed by atoms with van der Waals surface area (Å²) in [5, 5.41) is 1.22. The van der Waals surface area contributed by atoms with E-state index < -0.39 is 0 Å². The third kappa shape index (κ3) is 1.42. The quantitative estimate of drug-likeness (QED) is 0.820. The zero-order valence-electron chi connectivity index (χ0n) is 7.63. The molecule has 2 rings (SSSR count). The summed E-state index contributed by atoms with van der Waals surface area (Å²) in [6.07, 6.45) is 3.86. The normalized spacial score (nSPS) is 11.2. The molecule has 2 heteroatoms. The fraction of sp³-hybridized carbons (Fsp3) is 0. The maximum atomic E-state index is 3.79. The van der Waals surface area contributed by atoms with Crippen LogP contribution in [-0.2, 0) is 0 Å². The number of H-pyrrole nitrogens is 1. The third-order valence-electron chi connectivity index (χ3n) is 2.21. The molecular formula is C12H10BrN. The van der Waals surface area contributed by atoms with Crippen LogP contribution >= 0.6 is 15.9 Å². The van der Waals surface area contributed by atoms with Crippen molar-refractivity contribution in [3.8, 4) is 0 Å². The van der Waals surface area contributed by atoms with Crippen molar-refractivity contribution in [1.29, 1.82) is 0 Å². The van der Waals surface area contributed by atoms with E-state index in [-0.39, 0.29) is 0 Å². The number of hydrogen-bond acceptors (Lipinski definition) is 0. The molecule has 0 atom stereocenters. The van der Waals surface area contributed by atoms with Gasteiger partial charge in [-0.3, -0.25) is 0 Å². The standard InChI is InChI=1S/C12H10BrN/c1-2-11-10(7-8-13)9-5-3-4-6-12(9)14-11/h2-8,14H,1H2/b8-7+. The highest BCUT2D eigenvalue weighted by Gasteiger charge is 2.04. The summed E-state index contributed by atoms with van der Waals surface area (Å²) in [5.41, 5.74) is 3.37. The van der Waals surface area contributed by atoms with Crippen molar-refractivity contribution in [2.24, 2.45) is 0 Å². The van der Waals surface area contributed by atoms with Crippen LogP contribution in [0, 0.1) is 0 Å². The molecule has 1 aromatic heterocycles. The fourth-order valence-electron chi connectivity index (χ4n) is 1.59. The summed E-state index contributed by atoms with van der Waals surface area (Å²) < 4.78 is 0. The van der Waals surface area contributed by atoms with E-state index in [1.807, 2.05) is 29.3 Å². The highest BCUT2D eigenvalue weighted by Crippen LogP contribution is 2.24. The van der Waals surface area contributed by atoms with Crippen molar-refractivity contribution in [3.63, 3.8) is 0 Å². The molecule has 0 unspecified atom stereocenters. The first-order valence-electron chi connectivity index (χ1n) is 4.36. The molecule has 0 amide bonds. The van der Waals surface area contributed by atoms with Gasteiger partial charge in [0, 0.05) is 22.2 Å². The van der Waals surface area contributed by atoms with Crippen LogP contribution in [0.25, 0.3) is 23.1 Å². The van der Waals surface area contributed by atoms with E-state index in [1.54, 1.807) is 0 Å². The maximum absolute atomic E-state index is 3.79. The van der Waals surface area contributed by atoms with E-state index in [0.29, 0.717) is 0 Å². The summed E-state index contributed by atoms with van der Waals surface area (Å²) in [6, 6.07) is 8.22. The SMILES string of the molecule is C=Cc1[nH]c2ccccc2c1/C=C/Br. The fourth-order valence-corrected chi connectivity index (χ4v) is 1.85. The largest absolute Gasteiger partial charge is 0.355 e. The Morgan fingerprint density at radius 2 is 2.07 bits per heavy atom. The van der Waals surface area contributed by atoms with Crippen LogP contribution in [0.2, 0.25) is 0 Å². The number of rotatable bonds is 2. The van der Waals surface area contributed by atoms with Crippen molar-refractivity contribution < 1.29 is 0 Å². The van der Waals surface area contributed by atoms with E-state index in [4.69, 9.17) is 0 Å². The van der Waals surface area contributed by atoms with Gasteiger partial charge in [0.25, 0.3) is 0 Å². The summed E-state index contributed by atoms with van der Waals surface area (Å²) in [7, 11) is 0. The van der Waals surface area contributed by atoms with Gasteiger partial charge in [-0.25, -0.2) is 0 Å². The number of aromatic nitrogens is 1. The molecule has 0 aliphatic rings. The second-order valence-electron chi connectivity index (χ2n) is 2.99. The van der Waals surface area contributed by atoms with E-state index in [9.17, 15) is 0 Å². The van der Waals surface area contributed by atoms with Crippen molar-refractivity contribution in [2.75, 3.05) is 0 Å². The van der Waals surface area contributed by atoms with Crippen LogP contribution in [0.5, 0.6) is 0 Å². The Bertz CT molecular complexity index is 494. The molecular weight excluding hydrogens is 238 g/mol. The van der Waals surface area contributed by atoms with Crippen LogP contribution in [0.4, 0.5) is 0 Å². The van der Waals surface area contributed by atoms with Crippen LogP contribution in [-0.4, -0.2) is 4.98 Å². The Hall–Kier alpha value is -1.28. The second-order valence-corrected chi connectivity index (χ2v) is 3.52. The number of para-hydroxylation sites is 1. The minimum atomic E-state index is 1.06. The summed E-state index contributed by atoms with van der Waals surface area (Å²) >= 11 is 3.29. The first-order chi connectivity index (χ1) is 6.86. The smallest absolute Gasteiger partial charge is 0.0464 e. The molecule has 0 saturated carbocycles. The number of hydrogen-bond donors (Lipinski definition) is 1. The molecule has 0 aliphatic heterocycles. The molecule has 0 radical (unpaired) electrons. The molecule has 1 nitrogen and oxygen atoms in total. The molecule has 14 heavy (non-hydrogen) atoms. The van der Waals surface area contributed by atoms with Crippen LogP contribution < -0.4 is 0 Å². The molecule has 1 aromatic carbocycles. The molecule has 0 bridgehead atoms. The third-order valence-corrected chi connectivity index (χ3v) is 2.47. The lowest BCUT2D eigenvalue weighted by molar-refractivity contribution is 1.43. The Morgan fingerprint density at radius 3 is 2.79 bits per heavy atom. The Balaban J connectivity index is 2.80. The molecule has 70 valence electrons. The Morgan fingerprint density at radius 1 is 1.29 bits per heavy atom. The average molecular weight is 248 g/mol. The number of aromatic amines is 1. The molecule has 0 saturated heterocycles. The molecule has 0 fully saturated rings. The lowest BCUT2D eigenvalue weighted by atomic mass is 10.1. The maximum Gasteiger partial charge on any atom is 0.0464 e. The number of fused-ring (bicyclic) bond motifs is 1. The monoisotopic (exact) mass is 247 g/mol. The van der Waals surface area contributed by atoms with Gasteiger partial charge in [-0.2, -0.15) is 0 Å². The van der Waals surface area contributed by atoms with Gasteiger partial charge in [-0.15, -0.1) is 0 Å². The zero-order chi connectivity index (χ0) is 9.97. The molecule has 0 spiro atoms. The molecule has 1 heterocycles. The van der Waals surface area contributed by atoms with Gasteiger partial charge in [-0.05, 0) is 23.2 Å². The van der Waals surface area contributed by atoms with E-state index in [0.717, 1.165) is 11.2 Å². The van der Waals surface area contributed by atoms with Crippen molar-refractivity contribution in [2.45, 2.75) is 0 Å². The first-order valence-corrected chi connectivity index (χ1v) is 5.28. The van der Waals surface area contributed by atoms with Gasteiger partial charge in [0.05, 0.1) is 0 Å². The number of halogens is 1. The van der Waals surface area contributed by atoms with Crippen molar-refractivity contribution in [1.82, 2.24) is 4.98 Å². The molecule has 2 aromatic rings. The van der Waals surface area contributed by atoms with Crippen LogP contribution in [0.1, 0.15) is 11.3 Å². The van der Waals surface area contributed by atoms with E-state index >= 15 is 0 Å². The number of nitrogens with one attached hydrogen (secondary N) is 1. The summed E-state index contributed by atoms with van der Waals surface area (Å²) in [4.78, 5) is 5.17. The van der Waals surface area contributed by atoms with Crippen LogP contribution in [0.15, 0.2) is 35.8 Å². The highest BCUT2D eigenvalue weighted by molar-refractivity contribution is 9.11. The lowest BCUT2D eigenvalue weighted by Gasteiger charge is -1.91. The molecule has 1 N–H and O–H groups in total. The van der Waals surface area contributed by atoms with Gasteiger partial charge < -0.3 is 4.98 Å². The van der Waals surface area contributed by atoms with Gasteiger partial charge in [0.15, 0.2) is 0 Å². The Kier molecular flexibility index (Phi) is 2.55. The van der Waals surface area contributed by atoms with Gasteiger partial charge in [0.2, 0.25) is 0 Å². The summed E-state index contributed by atoms with van der Waals surface area (Å²) in [6.45, 7) is 3.79. The van der Waals surface area contributed by atoms with Crippen molar-refractivity contribution in [3.05, 3.63) is 47.1 Å². The van der Waals surface area contributed by atoms with Gasteiger partial charge >= 0.3 is 0 Å². The predicted molar refractivity (Wildman–Crippen MR) is 66.4 cm³/mol. The van der Waals surface area contributed by atoms with Gasteiger partial charge in [-0.1, -0.05) is 40.7 Å². The minimum absolute atomic E-state index is 1.06. The van der Waals surface area contributed by atoms with Crippen LogP contribution in [0.3, 0.4) is 0 Å². The highest BCUT2D eigenvalue weighted by atomic mass is 79.9. The van der Waals surface area contributed by atoms with Crippen molar-refractivity contribution >= 4 is 39.0 Å². The van der Waals surface area contributed by atoms with E-state index in [1.165, 1.54) is 10.9 Å². The topological polar surface area (TPSA) is 15.8 Å². The summed E-state index contributed by atoms with van der Waals surface area (Å²) in [5.74, 6) is 0. The molecule has 0 aliphatic carbocycles. The lowest BCUT2D eigenvalue weighted by Crippen LogP contribution is -1.72. The zero-order valence-corrected chi connectivity index (χ0v) is 9.21. The minimum Gasteiger partial charge on any atom is -0.355 e. The predicted octanol–water partition coefficient (Wildman–Crippen LogP) is 4.18. The Labute approximate surface area is 91.3 Å². The number of benzene rings is 1. The van der Waals surface area contributed by atoms with Gasteiger partial charge in [0.1, 0.15) is 0 Å².